The molecule has 96 valence electrons. The van der Waals surface area contributed by atoms with Crippen LogP contribution in [0, 0.1) is 0 Å². The van der Waals surface area contributed by atoms with Crippen molar-refractivity contribution >= 4 is 11.8 Å². The fraction of sp³-hybridized carbons (Fsp3) is 0.167. The van der Waals surface area contributed by atoms with Gasteiger partial charge in [-0.2, -0.15) is 0 Å². The fourth-order valence-corrected chi connectivity index (χ4v) is 1.97. The maximum atomic E-state index is 12.0. The molecule has 1 aromatic heterocycles. The number of fused-ring (bicyclic) bond motifs is 1. The Hall–Kier alpha value is -2.70. The summed E-state index contributed by atoms with van der Waals surface area (Å²) < 4.78 is 8.84. The number of rotatable bonds is 3. The summed E-state index contributed by atoms with van der Waals surface area (Å²) in [6.07, 6.45) is 0.136. The van der Waals surface area contributed by atoms with Gasteiger partial charge in [-0.15, -0.1) is 0 Å². The van der Waals surface area contributed by atoms with Gasteiger partial charge >= 0.3 is 5.82 Å². The smallest absolute Gasteiger partial charge is 0.375 e. The topological polar surface area (TPSA) is 93.6 Å². The van der Waals surface area contributed by atoms with Crippen LogP contribution in [0.4, 0.5) is 0 Å². The first-order valence-corrected chi connectivity index (χ1v) is 5.58. The number of aromatic nitrogens is 1. The highest BCUT2D eigenvalue weighted by Crippen LogP contribution is 2.22. The largest absolute Gasteiger partial charge is 0.542 e. The lowest BCUT2D eigenvalue weighted by Gasteiger charge is -2.11. The third-order valence-corrected chi connectivity index (χ3v) is 2.85. The number of amides is 2. The van der Waals surface area contributed by atoms with Gasteiger partial charge in [-0.25, -0.2) is 4.79 Å². The lowest BCUT2D eigenvalue weighted by Crippen LogP contribution is -2.31. The van der Waals surface area contributed by atoms with Crippen molar-refractivity contribution in [3.05, 3.63) is 51.9 Å². The van der Waals surface area contributed by atoms with Crippen molar-refractivity contribution in [1.82, 2.24) is 10.1 Å². The lowest BCUT2D eigenvalue weighted by molar-refractivity contribution is 0.0654. The maximum absolute atomic E-state index is 12.0. The van der Waals surface area contributed by atoms with E-state index in [-0.39, 0.29) is 30.7 Å². The van der Waals surface area contributed by atoms with E-state index in [0.29, 0.717) is 11.1 Å². The molecule has 0 radical (unpaired) electrons. The monoisotopic (exact) mass is 260 g/mol. The minimum atomic E-state index is -0.905. The number of hydrogen-bond donors (Lipinski definition) is 0. The molecule has 1 aliphatic rings. The summed E-state index contributed by atoms with van der Waals surface area (Å²) in [4.78, 5) is 35.8. The van der Waals surface area contributed by atoms with E-state index < -0.39 is 5.82 Å². The molecular formula is C12H8N2O5. The molecule has 7 heteroatoms. The second-order valence-corrected chi connectivity index (χ2v) is 3.99. The van der Waals surface area contributed by atoms with Gasteiger partial charge in [-0.1, -0.05) is 12.1 Å². The Bertz CT molecular complexity index is 680. The molecule has 0 saturated carbocycles. The average Bonchev–Trinajstić information content (AvgIpc) is 2.93. The standard InChI is InChI=1S/C12H8N2O5/c15-10-7-3-1-2-4-8(7)11(16)14(10)6-5-9-13-19-12(17)18-9/h1-4H,5-6H2. The molecule has 1 aliphatic heterocycles. The van der Waals surface area contributed by atoms with Crippen LogP contribution >= 0.6 is 0 Å². The van der Waals surface area contributed by atoms with E-state index in [1.54, 1.807) is 24.3 Å². The Morgan fingerprint density at radius 1 is 1.05 bits per heavy atom. The van der Waals surface area contributed by atoms with Crippen LogP contribution < -0.4 is 5.82 Å². The molecule has 2 heterocycles. The summed E-state index contributed by atoms with van der Waals surface area (Å²) in [6.45, 7) is 0.0851. The van der Waals surface area contributed by atoms with E-state index >= 15 is 0 Å². The highest BCUT2D eigenvalue weighted by atomic mass is 16.6. The van der Waals surface area contributed by atoms with Crippen LogP contribution in [0.3, 0.4) is 0 Å². The van der Waals surface area contributed by atoms with Gasteiger partial charge in [0.25, 0.3) is 11.8 Å². The van der Waals surface area contributed by atoms with Crippen LogP contribution in [0.5, 0.6) is 0 Å². The molecule has 3 rings (SSSR count). The Morgan fingerprint density at radius 2 is 1.68 bits per heavy atom. The van der Waals surface area contributed by atoms with E-state index in [2.05, 4.69) is 14.1 Å². The molecule has 2 aromatic rings. The predicted molar refractivity (Wildman–Crippen MR) is 60.6 cm³/mol. The zero-order chi connectivity index (χ0) is 13.4. The van der Waals surface area contributed by atoms with Crippen LogP contribution in [-0.2, 0) is 6.42 Å². The van der Waals surface area contributed by atoms with Gasteiger partial charge < -0.3 is 4.42 Å². The van der Waals surface area contributed by atoms with Gasteiger partial charge in [0.2, 0.25) is 5.89 Å². The summed E-state index contributed by atoms with van der Waals surface area (Å²) in [6, 6.07) is 6.60. The normalized spacial score (nSPS) is 14.0. The van der Waals surface area contributed by atoms with Crippen molar-refractivity contribution in [2.45, 2.75) is 6.42 Å². The average molecular weight is 260 g/mol. The second-order valence-electron chi connectivity index (χ2n) is 3.99. The first kappa shape index (κ1) is 11.4. The SMILES string of the molecule is O=C1c2ccccc2C(=O)N1CCc1noc(=O)o1. The van der Waals surface area contributed by atoms with Crippen molar-refractivity contribution in [3.8, 4) is 0 Å². The van der Waals surface area contributed by atoms with Crippen molar-refractivity contribution in [1.29, 1.82) is 0 Å². The van der Waals surface area contributed by atoms with Crippen LogP contribution in [0.25, 0.3) is 0 Å². The quantitative estimate of drug-likeness (QED) is 0.744. The minimum Gasteiger partial charge on any atom is -0.375 e. The van der Waals surface area contributed by atoms with Crippen LogP contribution in [0.2, 0.25) is 0 Å². The minimum absolute atomic E-state index is 0.0570. The highest BCUT2D eigenvalue weighted by Gasteiger charge is 2.34. The lowest BCUT2D eigenvalue weighted by atomic mass is 10.1. The van der Waals surface area contributed by atoms with Crippen LogP contribution in [-0.4, -0.2) is 28.4 Å². The third kappa shape index (κ3) is 1.85. The predicted octanol–water partition coefficient (Wildman–Crippen LogP) is 0.467. The van der Waals surface area contributed by atoms with E-state index in [1.165, 1.54) is 0 Å². The Morgan fingerprint density at radius 3 is 2.21 bits per heavy atom. The molecule has 19 heavy (non-hydrogen) atoms. The maximum Gasteiger partial charge on any atom is 0.542 e. The number of carbonyl (C=O) groups is 2. The van der Waals surface area contributed by atoms with Gasteiger partial charge in [0.15, 0.2) is 0 Å². The zero-order valence-electron chi connectivity index (χ0n) is 9.66. The van der Waals surface area contributed by atoms with Crippen LogP contribution in [0.15, 0.2) is 38.0 Å². The Kier molecular flexibility index (Phi) is 2.52. The summed E-state index contributed by atoms with van der Waals surface area (Å²) >= 11 is 0. The molecule has 0 aliphatic carbocycles. The Balaban J connectivity index is 1.79. The summed E-state index contributed by atoms with van der Waals surface area (Å²) in [5.74, 6) is -1.56. The van der Waals surface area contributed by atoms with Gasteiger partial charge in [-0.3, -0.25) is 19.0 Å². The summed E-state index contributed by atoms with van der Waals surface area (Å²) in [5, 5.41) is 3.37. The van der Waals surface area contributed by atoms with Gasteiger partial charge in [0, 0.05) is 13.0 Å². The van der Waals surface area contributed by atoms with Gasteiger partial charge in [0.1, 0.15) is 0 Å². The molecule has 0 saturated heterocycles. The molecule has 1 aromatic carbocycles. The molecule has 0 atom stereocenters. The number of imide groups is 1. The summed E-state index contributed by atoms with van der Waals surface area (Å²) in [5.41, 5.74) is 0.767. The molecule has 7 nitrogen and oxygen atoms in total. The van der Waals surface area contributed by atoms with Crippen LogP contribution in [0.1, 0.15) is 26.6 Å². The van der Waals surface area contributed by atoms with E-state index in [9.17, 15) is 14.4 Å². The number of hydrogen-bond acceptors (Lipinski definition) is 6. The van der Waals surface area contributed by atoms with Gasteiger partial charge in [0.05, 0.1) is 11.1 Å². The zero-order valence-corrected chi connectivity index (χ0v) is 9.66. The first-order chi connectivity index (χ1) is 9.16. The second kappa shape index (κ2) is 4.20. The molecule has 0 fully saturated rings. The van der Waals surface area contributed by atoms with E-state index in [4.69, 9.17) is 0 Å². The van der Waals surface area contributed by atoms with Crippen molar-refractivity contribution in [3.63, 3.8) is 0 Å². The molecule has 0 spiro atoms. The Labute approximate surface area is 106 Å². The van der Waals surface area contributed by atoms with Crippen molar-refractivity contribution < 1.29 is 18.5 Å². The summed E-state index contributed by atoms with van der Waals surface area (Å²) in [7, 11) is 0. The van der Waals surface area contributed by atoms with Crippen molar-refractivity contribution in [2.24, 2.45) is 0 Å². The number of carbonyl (C=O) groups excluding carboxylic acids is 2. The molecule has 2 amide bonds. The van der Waals surface area contributed by atoms with E-state index in [1.807, 2.05) is 0 Å². The van der Waals surface area contributed by atoms with Crippen molar-refractivity contribution in [2.75, 3.05) is 6.54 Å². The number of benzene rings is 1. The highest BCUT2D eigenvalue weighted by molar-refractivity contribution is 6.21. The molecular weight excluding hydrogens is 252 g/mol. The fourth-order valence-electron chi connectivity index (χ4n) is 1.97. The van der Waals surface area contributed by atoms with E-state index in [0.717, 1.165) is 4.90 Å². The molecule has 0 bridgehead atoms. The van der Waals surface area contributed by atoms with Gasteiger partial charge in [-0.05, 0) is 17.3 Å². The molecule has 0 unspecified atom stereocenters. The third-order valence-electron chi connectivity index (χ3n) is 2.85. The number of nitrogens with zero attached hydrogens (tertiary/aromatic N) is 2. The first-order valence-electron chi connectivity index (χ1n) is 5.58. The molecule has 0 N–H and O–H groups in total.